The SMILES string of the molecule is CCOC(=O)/C=C/[C@@H](CC)OCc1ccccc1. The first-order chi connectivity index (χ1) is 8.76. The van der Waals surface area contributed by atoms with Crippen molar-refractivity contribution in [3.05, 3.63) is 48.0 Å². The third kappa shape index (κ3) is 5.64. The summed E-state index contributed by atoms with van der Waals surface area (Å²) in [6.45, 7) is 4.75. The maximum Gasteiger partial charge on any atom is 0.330 e. The average Bonchev–Trinajstić information content (AvgIpc) is 2.40. The molecule has 0 saturated heterocycles. The molecule has 1 aromatic rings. The van der Waals surface area contributed by atoms with E-state index in [1.807, 2.05) is 37.3 Å². The quantitative estimate of drug-likeness (QED) is 0.549. The van der Waals surface area contributed by atoms with Crippen molar-refractivity contribution in [3.8, 4) is 0 Å². The minimum atomic E-state index is -0.320. The van der Waals surface area contributed by atoms with Crippen LogP contribution >= 0.6 is 0 Å². The molecule has 0 fully saturated rings. The third-order valence-electron chi connectivity index (χ3n) is 2.44. The zero-order chi connectivity index (χ0) is 13.2. The van der Waals surface area contributed by atoms with E-state index in [1.165, 1.54) is 6.08 Å². The van der Waals surface area contributed by atoms with E-state index in [0.29, 0.717) is 13.2 Å². The van der Waals surface area contributed by atoms with Crippen LogP contribution in [0, 0.1) is 0 Å². The molecule has 98 valence electrons. The standard InChI is InChI=1S/C15H20O3/c1-3-14(10-11-15(16)17-4-2)18-12-13-8-6-5-7-9-13/h5-11,14H,3-4,12H2,1-2H3/b11-10+/t14-/m1/s1. The van der Waals surface area contributed by atoms with Gasteiger partial charge in [0.1, 0.15) is 0 Å². The maximum atomic E-state index is 11.2. The Morgan fingerprint density at radius 3 is 2.61 bits per heavy atom. The number of esters is 1. The summed E-state index contributed by atoms with van der Waals surface area (Å²) >= 11 is 0. The monoisotopic (exact) mass is 248 g/mol. The first-order valence-electron chi connectivity index (χ1n) is 6.26. The molecule has 0 bridgehead atoms. The molecule has 1 aromatic carbocycles. The number of rotatable bonds is 7. The van der Waals surface area contributed by atoms with Gasteiger partial charge in [0.15, 0.2) is 0 Å². The summed E-state index contributed by atoms with van der Waals surface area (Å²) in [6, 6.07) is 9.97. The topological polar surface area (TPSA) is 35.5 Å². The second-order valence-electron chi connectivity index (χ2n) is 3.85. The third-order valence-corrected chi connectivity index (χ3v) is 2.44. The number of hydrogen-bond donors (Lipinski definition) is 0. The Morgan fingerprint density at radius 1 is 1.28 bits per heavy atom. The van der Waals surface area contributed by atoms with E-state index < -0.39 is 0 Å². The van der Waals surface area contributed by atoms with Crippen LogP contribution < -0.4 is 0 Å². The van der Waals surface area contributed by atoms with Crippen molar-refractivity contribution in [3.63, 3.8) is 0 Å². The first kappa shape index (κ1) is 14.5. The molecule has 0 aromatic heterocycles. The van der Waals surface area contributed by atoms with Crippen molar-refractivity contribution < 1.29 is 14.3 Å². The van der Waals surface area contributed by atoms with Gasteiger partial charge in [0.2, 0.25) is 0 Å². The van der Waals surface area contributed by atoms with Gasteiger partial charge in [-0.1, -0.05) is 37.3 Å². The van der Waals surface area contributed by atoms with Crippen molar-refractivity contribution >= 4 is 5.97 Å². The van der Waals surface area contributed by atoms with Crippen LogP contribution in [-0.2, 0) is 20.9 Å². The van der Waals surface area contributed by atoms with E-state index in [-0.39, 0.29) is 12.1 Å². The fourth-order valence-electron chi connectivity index (χ4n) is 1.46. The first-order valence-corrected chi connectivity index (χ1v) is 6.26. The molecule has 3 heteroatoms. The van der Waals surface area contributed by atoms with Gasteiger partial charge in [0.25, 0.3) is 0 Å². The number of ether oxygens (including phenoxy) is 2. The van der Waals surface area contributed by atoms with Crippen LogP contribution in [0.2, 0.25) is 0 Å². The Labute approximate surface area is 108 Å². The lowest BCUT2D eigenvalue weighted by atomic mass is 10.2. The molecule has 0 spiro atoms. The average molecular weight is 248 g/mol. The molecule has 0 radical (unpaired) electrons. The highest BCUT2D eigenvalue weighted by atomic mass is 16.5. The van der Waals surface area contributed by atoms with Gasteiger partial charge >= 0.3 is 5.97 Å². The number of carbonyl (C=O) groups is 1. The Kier molecular flexibility index (Phi) is 6.81. The number of hydrogen-bond acceptors (Lipinski definition) is 3. The predicted molar refractivity (Wildman–Crippen MR) is 71.1 cm³/mol. The molecule has 0 heterocycles. The van der Waals surface area contributed by atoms with Crippen molar-refractivity contribution in [2.75, 3.05) is 6.61 Å². The number of carbonyl (C=O) groups excluding carboxylic acids is 1. The molecule has 0 saturated carbocycles. The zero-order valence-electron chi connectivity index (χ0n) is 11.0. The van der Waals surface area contributed by atoms with Gasteiger partial charge in [-0.15, -0.1) is 0 Å². The highest BCUT2D eigenvalue weighted by Crippen LogP contribution is 2.07. The van der Waals surface area contributed by atoms with E-state index in [9.17, 15) is 4.79 Å². The highest BCUT2D eigenvalue weighted by Gasteiger charge is 2.04. The van der Waals surface area contributed by atoms with Crippen molar-refractivity contribution in [1.29, 1.82) is 0 Å². The van der Waals surface area contributed by atoms with E-state index in [2.05, 4.69) is 0 Å². The molecule has 0 aliphatic carbocycles. The lowest BCUT2D eigenvalue weighted by molar-refractivity contribution is -0.137. The Hall–Kier alpha value is -1.61. The van der Waals surface area contributed by atoms with E-state index in [1.54, 1.807) is 13.0 Å². The van der Waals surface area contributed by atoms with Gasteiger partial charge in [-0.05, 0) is 25.0 Å². The van der Waals surface area contributed by atoms with E-state index >= 15 is 0 Å². The van der Waals surface area contributed by atoms with Crippen molar-refractivity contribution in [2.24, 2.45) is 0 Å². The van der Waals surface area contributed by atoms with Crippen LogP contribution in [0.3, 0.4) is 0 Å². The molecule has 0 unspecified atom stereocenters. The molecule has 1 atom stereocenters. The fourth-order valence-corrected chi connectivity index (χ4v) is 1.46. The Bertz CT molecular complexity index is 371. The summed E-state index contributed by atoms with van der Waals surface area (Å²) in [5, 5.41) is 0. The lowest BCUT2D eigenvalue weighted by Gasteiger charge is -2.11. The summed E-state index contributed by atoms with van der Waals surface area (Å²) in [4.78, 5) is 11.2. The molecular formula is C15H20O3. The Balaban J connectivity index is 2.40. The zero-order valence-corrected chi connectivity index (χ0v) is 11.0. The second kappa shape index (κ2) is 8.48. The Morgan fingerprint density at radius 2 is 2.00 bits per heavy atom. The van der Waals surface area contributed by atoms with Crippen LogP contribution in [0.1, 0.15) is 25.8 Å². The summed E-state index contributed by atoms with van der Waals surface area (Å²) in [7, 11) is 0. The predicted octanol–water partition coefficient (Wildman–Crippen LogP) is 3.10. The summed E-state index contributed by atoms with van der Waals surface area (Å²) < 4.78 is 10.5. The molecule has 0 N–H and O–H groups in total. The van der Waals surface area contributed by atoms with Crippen molar-refractivity contribution in [2.45, 2.75) is 33.0 Å². The van der Waals surface area contributed by atoms with Crippen LogP contribution in [0.5, 0.6) is 0 Å². The molecular weight excluding hydrogens is 228 g/mol. The van der Waals surface area contributed by atoms with E-state index in [4.69, 9.17) is 9.47 Å². The van der Waals surface area contributed by atoms with Crippen LogP contribution in [0.4, 0.5) is 0 Å². The van der Waals surface area contributed by atoms with Gasteiger partial charge in [-0.25, -0.2) is 4.79 Å². The summed E-state index contributed by atoms with van der Waals surface area (Å²) in [5.41, 5.74) is 1.13. The minimum absolute atomic E-state index is 0.0605. The van der Waals surface area contributed by atoms with E-state index in [0.717, 1.165) is 12.0 Å². The molecule has 3 nitrogen and oxygen atoms in total. The smallest absolute Gasteiger partial charge is 0.330 e. The van der Waals surface area contributed by atoms with Gasteiger partial charge in [-0.2, -0.15) is 0 Å². The molecule has 18 heavy (non-hydrogen) atoms. The summed E-state index contributed by atoms with van der Waals surface area (Å²) in [6.07, 6.45) is 3.95. The van der Waals surface area contributed by atoms with Gasteiger partial charge in [0, 0.05) is 6.08 Å². The van der Waals surface area contributed by atoms with Crippen LogP contribution in [0.25, 0.3) is 0 Å². The van der Waals surface area contributed by atoms with Crippen molar-refractivity contribution in [1.82, 2.24) is 0 Å². The lowest BCUT2D eigenvalue weighted by Crippen LogP contribution is -2.10. The fraction of sp³-hybridized carbons (Fsp3) is 0.400. The molecule has 0 aliphatic heterocycles. The maximum absolute atomic E-state index is 11.2. The number of benzene rings is 1. The minimum Gasteiger partial charge on any atom is -0.463 e. The van der Waals surface area contributed by atoms with Crippen LogP contribution in [-0.4, -0.2) is 18.7 Å². The highest BCUT2D eigenvalue weighted by molar-refractivity contribution is 5.81. The molecule has 0 amide bonds. The van der Waals surface area contributed by atoms with Crippen LogP contribution in [0.15, 0.2) is 42.5 Å². The second-order valence-corrected chi connectivity index (χ2v) is 3.85. The van der Waals surface area contributed by atoms with Gasteiger partial charge < -0.3 is 9.47 Å². The molecule has 0 aliphatic rings. The summed E-state index contributed by atoms with van der Waals surface area (Å²) in [5.74, 6) is -0.320. The largest absolute Gasteiger partial charge is 0.463 e. The van der Waals surface area contributed by atoms with Gasteiger partial charge in [-0.3, -0.25) is 0 Å². The van der Waals surface area contributed by atoms with Gasteiger partial charge in [0.05, 0.1) is 19.3 Å². The normalized spacial score (nSPS) is 12.6. The molecule has 1 rings (SSSR count).